The van der Waals surface area contributed by atoms with Crippen molar-refractivity contribution >= 4 is 22.8 Å². The van der Waals surface area contributed by atoms with Crippen molar-refractivity contribution < 1.29 is 13.6 Å². The van der Waals surface area contributed by atoms with Crippen LogP contribution in [0.1, 0.15) is 12.8 Å². The van der Waals surface area contributed by atoms with Crippen LogP contribution in [-0.2, 0) is 4.79 Å². The largest absolute Gasteiger partial charge is 0.438 e. The van der Waals surface area contributed by atoms with Crippen LogP contribution in [0.15, 0.2) is 41.1 Å². The summed E-state index contributed by atoms with van der Waals surface area (Å²) in [4.78, 5) is 20.1. The molecule has 1 fully saturated rings. The summed E-state index contributed by atoms with van der Waals surface area (Å²) in [6.07, 6.45) is 3.20. The van der Waals surface area contributed by atoms with E-state index >= 15 is 0 Å². The number of amides is 1. The van der Waals surface area contributed by atoms with Crippen LogP contribution in [0.2, 0.25) is 0 Å². The molecule has 0 saturated heterocycles. The molecule has 110 valence electrons. The van der Waals surface area contributed by atoms with Gasteiger partial charge in [0, 0.05) is 11.5 Å². The van der Waals surface area contributed by atoms with E-state index in [0.717, 1.165) is 18.4 Å². The lowest BCUT2D eigenvalue weighted by molar-refractivity contribution is -0.117. The number of rotatable bonds is 3. The highest BCUT2D eigenvalue weighted by molar-refractivity contribution is 6.00. The standard InChI is InChI=1S/C16H12FN3O2/c17-11-5-3-9(4-6-11)13-7-12-14(18-8-19-16(12)22-13)20-15(21)10-1-2-10/h3-8,10H,1-2H2,(H,18,19,20,21). The topological polar surface area (TPSA) is 68.0 Å². The van der Waals surface area contributed by atoms with Crippen LogP contribution in [-0.4, -0.2) is 15.9 Å². The predicted molar refractivity (Wildman–Crippen MR) is 78.6 cm³/mol. The first-order valence-electron chi connectivity index (χ1n) is 7.02. The fourth-order valence-corrected chi connectivity index (χ4v) is 2.28. The van der Waals surface area contributed by atoms with Gasteiger partial charge in [0.2, 0.25) is 11.6 Å². The molecule has 2 aromatic heterocycles. The van der Waals surface area contributed by atoms with E-state index in [9.17, 15) is 9.18 Å². The summed E-state index contributed by atoms with van der Waals surface area (Å²) in [6, 6.07) is 7.74. The number of aromatic nitrogens is 2. The van der Waals surface area contributed by atoms with Crippen LogP contribution in [0.5, 0.6) is 0 Å². The number of halogens is 1. The lowest BCUT2D eigenvalue weighted by atomic mass is 10.1. The highest BCUT2D eigenvalue weighted by Crippen LogP contribution is 2.33. The number of hydrogen-bond acceptors (Lipinski definition) is 4. The van der Waals surface area contributed by atoms with Gasteiger partial charge in [-0.2, -0.15) is 0 Å². The average Bonchev–Trinajstić information content (AvgIpc) is 3.28. The number of furan rings is 1. The van der Waals surface area contributed by atoms with E-state index in [1.54, 1.807) is 18.2 Å². The molecule has 1 aromatic carbocycles. The van der Waals surface area contributed by atoms with Crippen LogP contribution >= 0.6 is 0 Å². The summed E-state index contributed by atoms with van der Waals surface area (Å²) in [5, 5.41) is 3.45. The molecule has 0 bridgehead atoms. The molecule has 1 aliphatic rings. The SMILES string of the molecule is O=C(Nc1ncnc2oc(-c3ccc(F)cc3)cc12)C1CC1. The molecule has 1 N–H and O–H groups in total. The first-order valence-corrected chi connectivity index (χ1v) is 7.02. The zero-order valence-corrected chi connectivity index (χ0v) is 11.5. The third kappa shape index (κ3) is 2.32. The maximum atomic E-state index is 13.0. The highest BCUT2D eigenvalue weighted by atomic mass is 19.1. The van der Waals surface area contributed by atoms with E-state index in [-0.39, 0.29) is 17.6 Å². The summed E-state index contributed by atoms with van der Waals surface area (Å²) >= 11 is 0. The molecule has 2 heterocycles. The van der Waals surface area contributed by atoms with Crippen molar-refractivity contribution in [2.24, 2.45) is 5.92 Å². The molecule has 1 amide bonds. The fraction of sp³-hybridized carbons (Fsp3) is 0.188. The van der Waals surface area contributed by atoms with E-state index < -0.39 is 0 Å². The minimum atomic E-state index is -0.308. The minimum absolute atomic E-state index is 0.0236. The van der Waals surface area contributed by atoms with Gasteiger partial charge in [0.05, 0.1) is 5.39 Å². The Kier molecular flexibility index (Phi) is 2.89. The van der Waals surface area contributed by atoms with E-state index in [4.69, 9.17) is 4.42 Å². The number of carbonyl (C=O) groups excluding carboxylic acids is 1. The Morgan fingerprint density at radius 2 is 2.00 bits per heavy atom. The molecule has 5 nitrogen and oxygen atoms in total. The van der Waals surface area contributed by atoms with E-state index in [0.29, 0.717) is 22.7 Å². The van der Waals surface area contributed by atoms with E-state index in [2.05, 4.69) is 15.3 Å². The molecule has 22 heavy (non-hydrogen) atoms. The van der Waals surface area contributed by atoms with Crippen LogP contribution in [0.4, 0.5) is 10.2 Å². The van der Waals surface area contributed by atoms with Crippen molar-refractivity contribution in [2.45, 2.75) is 12.8 Å². The van der Waals surface area contributed by atoms with Gasteiger partial charge in [-0.1, -0.05) is 0 Å². The molecule has 0 spiro atoms. The number of benzene rings is 1. The molecule has 1 aliphatic carbocycles. The van der Waals surface area contributed by atoms with Gasteiger partial charge in [-0.05, 0) is 43.2 Å². The summed E-state index contributed by atoms with van der Waals surface area (Å²) in [7, 11) is 0. The molecule has 0 aliphatic heterocycles. The van der Waals surface area contributed by atoms with Gasteiger partial charge in [-0.3, -0.25) is 4.79 Å². The lowest BCUT2D eigenvalue weighted by Crippen LogP contribution is -2.14. The second-order valence-electron chi connectivity index (χ2n) is 5.32. The van der Waals surface area contributed by atoms with Gasteiger partial charge in [0.25, 0.3) is 0 Å². The number of anilines is 1. The zero-order chi connectivity index (χ0) is 15.1. The molecule has 4 rings (SSSR count). The minimum Gasteiger partial charge on any atom is -0.438 e. The lowest BCUT2D eigenvalue weighted by Gasteiger charge is -2.02. The number of hydrogen-bond donors (Lipinski definition) is 1. The number of fused-ring (bicyclic) bond motifs is 1. The molecular weight excluding hydrogens is 285 g/mol. The second kappa shape index (κ2) is 4.91. The molecule has 6 heteroatoms. The van der Waals surface area contributed by atoms with Gasteiger partial charge in [-0.15, -0.1) is 0 Å². The van der Waals surface area contributed by atoms with Crippen LogP contribution in [0, 0.1) is 11.7 Å². The number of nitrogens with zero attached hydrogens (tertiary/aromatic N) is 2. The smallest absolute Gasteiger partial charge is 0.231 e. The van der Waals surface area contributed by atoms with E-state index in [1.807, 2.05) is 0 Å². The van der Waals surface area contributed by atoms with Crippen molar-refractivity contribution in [3.05, 3.63) is 42.5 Å². The third-order valence-corrected chi connectivity index (χ3v) is 3.65. The summed E-state index contributed by atoms with van der Waals surface area (Å²) in [6.45, 7) is 0. The Labute approximate surface area is 125 Å². The monoisotopic (exact) mass is 297 g/mol. The maximum Gasteiger partial charge on any atom is 0.231 e. The van der Waals surface area contributed by atoms with E-state index in [1.165, 1.54) is 18.5 Å². The highest BCUT2D eigenvalue weighted by Gasteiger charge is 2.30. The Balaban J connectivity index is 1.73. The fourth-order valence-electron chi connectivity index (χ4n) is 2.28. The van der Waals surface area contributed by atoms with Crippen molar-refractivity contribution in [1.29, 1.82) is 0 Å². The quantitative estimate of drug-likeness (QED) is 0.804. The third-order valence-electron chi connectivity index (χ3n) is 3.65. The number of nitrogens with one attached hydrogen (secondary N) is 1. The second-order valence-corrected chi connectivity index (χ2v) is 5.32. The van der Waals surface area contributed by atoms with Gasteiger partial charge >= 0.3 is 0 Å². The Hall–Kier alpha value is -2.76. The Bertz CT molecular complexity index is 853. The first kappa shape index (κ1) is 12.9. The molecular formula is C16H12FN3O2. The summed E-state index contributed by atoms with van der Waals surface area (Å²) in [5.74, 6) is 0.756. The first-order chi connectivity index (χ1) is 10.7. The number of carbonyl (C=O) groups is 1. The van der Waals surface area contributed by atoms with Gasteiger partial charge in [0.1, 0.15) is 23.7 Å². The molecule has 0 unspecified atom stereocenters. The van der Waals surface area contributed by atoms with Crippen LogP contribution < -0.4 is 5.32 Å². The van der Waals surface area contributed by atoms with Crippen molar-refractivity contribution in [2.75, 3.05) is 5.32 Å². The molecule has 1 saturated carbocycles. The van der Waals surface area contributed by atoms with Crippen LogP contribution in [0.25, 0.3) is 22.4 Å². The molecule has 0 atom stereocenters. The molecule has 3 aromatic rings. The van der Waals surface area contributed by atoms with Crippen LogP contribution in [0.3, 0.4) is 0 Å². The van der Waals surface area contributed by atoms with Crippen molar-refractivity contribution in [1.82, 2.24) is 9.97 Å². The van der Waals surface area contributed by atoms with Crippen molar-refractivity contribution in [3.8, 4) is 11.3 Å². The Morgan fingerprint density at radius 1 is 1.23 bits per heavy atom. The summed E-state index contributed by atoms with van der Waals surface area (Å²) in [5.41, 5.74) is 1.12. The maximum absolute atomic E-state index is 13.0. The van der Waals surface area contributed by atoms with Crippen molar-refractivity contribution in [3.63, 3.8) is 0 Å². The Morgan fingerprint density at radius 3 is 2.73 bits per heavy atom. The predicted octanol–water partition coefficient (Wildman–Crippen LogP) is 3.38. The molecule has 0 radical (unpaired) electrons. The van der Waals surface area contributed by atoms with Gasteiger partial charge < -0.3 is 9.73 Å². The average molecular weight is 297 g/mol. The van der Waals surface area contributed by atoms with Gasteiger partial charge in [-0.25, -0.2) is 14.4 Å². The zero-order valence-electron chi connectivity index (χ0n) is 11.5. The van der Waals surface area contributed by atoms with Gasteiger partial charge in [0.15, 0.2) is 0 Å². The normalized spacial score (nSPS) is 14.2. The summed E-state index contributed by atoms with van der Waals surface area (Å²) < 4.78 is 18.7.